The van der Waals surface area contributed by atoms with E-state index in [0.29, 0.717) is 11.3 Å². The van der Waals surface area contributed by atoms with Crippen LogP contribution in [0.15, 0.2) is 48.1 Å². The van der Waals surface area contributed by atoms with E-state index in [4.69, 9.17) is 4.98 Å². The lowest BCUT2D eigenvalue weighted by molar-refractivity contribution is 0.0984. The molecule has 1 saturated heterocycles. The van der Waals surface area contributed by atoms with Gasteiger partial charge in [0.25, 0.3) is 5.91 Å². The Bertz CT molecular complexity index is 957. The third-order valence-corrected chi connectivity index (χ3v) is 5.80. The minimum Gasteiger partial charge on any atom is -0.346 e. The second-order valence-electron chi connectivity index (χ2n) is 6.91. The van der Waals surface area contributed by atoms with Crippen LogP contribution in [-0.2, 0) is 6.54 Å². The number of benzene rings is 1. The number of hydrogen-bond acceptors (Lipinski definition) is 7. The fraction of sp³-hybridized carbons (Fsp3) is 0.300. The van der Waals surface area contributed by atoms with Crippen LogP contribution in [0.5, 0.6) is 0 Å². The lowest BCUT2D eigenvalue weighted by Gasteiger charge is -2.32. The van der Waals surface area contributed by atoms with E-state index < -0.39 is 0 Å². The number of thiazole rings is 1. The van der Waals surface area contributed by atoms with Crippen LogP contribution in [0.1, 0.15) is 16.1 Å². The Morgan fingerprint density at radius 2 is 1.90 bits per heavy atom. The smallest absolute Gasteiger partial charge is 0.260 e. The van der Waals surface area contributed by atoms with E-state index in [9.17, 15) is 9.18 Å². The van der Waals surface area contributed by atoms with Crippen molar-refractivity contribution in [3.63, 3.8) is 0 Å². The first-order valence-electron chi connectivity index (χ1n) is 9.32. The molecule has 150 valence electrons. The molecule has 4 rings (SSSR count). The zero-order valence-corrected chi connectivity index (χ0v) is 16.8. The zero-order valence-electron chi connectivity index (χ0n) is 16.0. The highest BCUT2D eigenvalue weighted by molar-refractivity contribution is 7.13. The number of carbonyl (C=O) groups excluding carboxylic acids is 1. The van der Waals surface area contributed by atoms with Crippen molar-refractivity contribution in [3.05, 3.63) is 65.2 Å². The number of hydrogen-bond donors (Lipinski definition) is 0. The van der Waals surface area contributed by atoms with Crippen LogP contribution in [0.2, 0.25) is 0 Å². The number of halogens is 1. The number of aromatic nitrogens is 3. The largest absolute Gasteiger partial charge is 0.346 e. The summed E-state index contributed by atoms with van der Waals surface area (Å²) in [4.78, 5) is 24.0. The van der Waals surface area contributed by atoms with Gasteiger partial charge in [0.05, 0.1) is 30.2 Å². The Hall–Kier alpha value is -2.91. The zero-order chi connectivity index (χ0) is 20.2. The highest BCUT2D eigenvalue weighted by Crippen LogP contribution is 2.25. The molecule has 3 heterocycles. The van der Waals surface area contributed by atoms with Crippen molar-refractivity contribution in [1.82, 2.24) is 20.1 Å². The van der Waals surface area contributed by atoms with Gasteiger partial charge in [-0.2, -0.15) is 10.2 Å². The number of piperazine rings is 1. The van der Waals surface area contributed by atoms with Gasteiger partial charge in [0.1, 0.15) is 5.82 Å². The summed E-state index contributed by atoms with van der Waals surface area (Å²) in [6.07, 6.45) is 2.90. The lowest BCUT2D eigenvalue weighted by Crippen LogP contribution is -2.44. The standard InChI is InChI=1S/C20H21FN6OS/c1-25-8-10-26(11-9-25)20-24-17(14-29-20)13-27(18-4-2-16(21)3-5-18)19(28)15-6-7-22-23-12-15/h2-7,12,14H,8-11,13H2,1H3. The molecule has 1 aromatic carbocycles. The van der Waals surface area contributed by atoms with E-state index in [2.05, 4.69) is 27.0 Å². The van der Waals surface area contributed by atoms with Crippen LogP contribution in [0.4, 0.5) is 15.2 Å². The van der Waals surface area contributed by atoms with Gasteiger partial charge in [-0.1, -0.05) is 0 Å². The Labute approximate surface area is 172 Å². The Kier molecular flexibility index (Phi) is 5.77. The van der Waals surface area contributed by atoms with Crippen molar-refractivity contribution in [2.24, 2.45) is 0 Å². The van der Waals surface area contributed by atoms with Crippen molar-refractivity contribution < 1.29 is 9.18 Å². The average molecular weight is 412 g/mol. The molecular formula is C20H21FN6OS. The van der Waals surface area contributed by atoms with Gasteiger partial charge in [0, 0.05) is 37.2 Å². The maximum Gasteiger partial charge on any atom is 0.260 e. The molecule has 2 aromatic heterocycles. The molecule has 0 radical (unpaired) electrons. The summed E-state index contributed by atoms with van der Waals surface area (Å²) in [5.74, 6) is -0.585. The summed E-state index contributed by atoms with van der Waals surface area (Å²) < 4.78 is 13.4. The minimum absolute atomic E-state index is 0.236. The van der Waals surface area contributed by atoms with Gasteiger partial charge in [-0.3, -0.25) is 4.79 Å². The van der Waals surface area contributed by atoms with Crippen molar-refractivity contribution >= 4 is 28.1 Å². The summed E-state index contributed by atoms with van der Waals surface area (Å²) in [5, 5.41) is 10.5. The van der Waals surface area contributed by atoms with Gasteiger partial charge >= 0.3 is 0 Å². The van der Waals surface area contributed by atoms with Crippen molar-refractivity contribution in [2.75, 3.05) is 43.0 Å². The highest BCUT2D eigenvalue weighted by atomic mass is 32.1. The van der Waals surface area contributed by atoms with Crippen LogP contribution in [0, 0.1) is 5.82 Å². The summed E-state index contributed by atoms with van der Waals surface area (Å²) in [5.41, 5.74) is 1.81. The number of rotatable bonds is 5. The number of carbonyl (C=O) groups is 1. The molecule has 0 unspecified atom stereocenters. The molecule has 0 aliphatic carbocycles. The third-order valence-electron chi connectivity index (χ3n) is 4.85. The molecule has 1 amide bonds. The fourth-order valence-corrected chi connectivity index (χ4v) is 4.02. The van der Waals surface area contributed by atoms with E-state index in [-0.39, 0.29) is 18.3 Å². The number of anilines is 2. The molecule has 3 aromatic rings. The highest BCUT2D eigenvalue weighted by Gasteiger charge is 2.22. The second-order valence-corrected chi connectivity index (χ2v) is 7.75. The number of likely N-dealkylation sites (N-methyl/N-ethyl adjacent to an activating group) is 1. The Morgan fingerprint density at radius 3 is 2.59 bits per heavy atom. The van der Waals surface area contributed by atoms with E-state index in [1.807, 2.05) is 5.38 Å². The molecule has 0 bridgehead atoms. The molecule has 1 aliphatic rings. The summed E-state index contributed by atoms with van der Waals surface area (Å²) in [7, 11) is 2.12. The Morgan fingerprint density at radius 1 is 1.14 bits per heavy atom. The van der Waals surface area contributed by atoms with Crippen molar-refractivity contribution in [1.29, 1.82) is 0 Å². The third kappa shape index (κ3) is 4.57. The topological polar surface area (TPSA) is 65.5 Å². The molecular weight excluding hydrogens is 391 g/mol. The molecule has 0 N–H and O–H groups in total. The van der Waals surface area contributed by atoms with E-state index in [1.54, 1.807) is 34.4 Å². The lowest BCUT2D eigenvalue weighted by atomic mass is 10.2. The van der Waals surface area contributed by atoms with Gasteiger partial charge in [-0.05, 0) is 37.4 Å². The van der Waals surface area contributed by atoms with Gasteiger partial charge < -0.3 is 14.7 Å². The van der Waals surface area contributed by atoms with Crippen LogP contribution in [0.25, 0.3) is 0 Å². The Balaban J connectivity index is 1.57. The maximum absolute atomic E-state index is 13.4. The predicted octanol–water partition coefficient (Wildman–Crippen LogP) is 2.67. The van der Waals surface area contributed by atoms with Crippen LogP contribution < -0.4 is 9.80 Å². The summed E-state index contributed by atoms with van der Waals surface area (Å²) in [6, 6.07) is 7.49. The minimum atomic E-state index is -0.349. The van der Waals surface area contributed by atoms with Crippen LogP contribution in [-0.4, -0.2) is 59.2 Å². The van der Waals surface area contributed by atoms with Crippen LogP contribution >= 0.6 is 11.3 Å². The normalized spacial score (nSPS) is 14.8. The molecule has 9 heteroatoms. The number of amides is 1. The average Bonchev–Trinajstić information content (AvgIpc) is 3.22. The SMILES string of the molecule is CN1CCN(c2nc(CN(C(=O)c3ccnnc3)c3ccc(F)cc3)cs2)CC1. The first-order valence-corrected chi connectivity index (χ1v) is 10.2. The van der Waals surface area contributed by atoms with Gasteiger partial charge in [-0.15, -0.1) is 11.3 Å². The molecule has 1 fully saturated rings. The van der Waals surface area contributed by atoms with Gasteiger partial charge in [0.2, 0.25) is 0 Å². The van der Waals surface area contributed by atoms with E-state index >= 15 is 0 Å². The quantitative estimate of drug-likeness (QED) is 0.642. The van der Waals surface area contributed by atoms with Crippen molar-refractivity contribution in [2.45, 2.75) is 6.54 Å². The van der Waals surface area contributed by atoms with Crippen molar-refractivity contribution in [3.8, 4) is 0 Å². The van der Waals surface area contributed by atoms with Crippen LogP contribution in [0.3, 0.4) is 0 Å². The molecule has 1 aliphatic heterocycles. The molecule has 0 spiro atoms. The molecule has 7 nitrogen and oxygen atoms in total. The summed E-state index contributed by atoms with van der Waals surface area (Å²) >= 11 is 1.58. The molecule has 29 heavy (non-hydrogen) atoms. The molecule has 0 atom stereocenters. The monoisotopic (exact) mass is 412 g/mol. The van der Waals surface area contributed by atoms with E-state index in [0.717, 1.165) is 37.0 Å². The van der Waals surface area contributed by atoms with E-state index in [1.165, 1.54) is 24.5 Å². The first kappa shape index (κ1) is 19.4. The number of nitrogens with zero attached hydrogens (tertiary/aromatic N) is 6. The predicted molar refractivity (Wildman–Crippen MR) is 111 cm³/mol. The first-order chi connectivity index (χ1) is 14.1. The summed E-state index contributed by atoms with van der Waals surface area (Å²) in [6.45, 7) is 4.17. The van der Waals surface area contributed by atoms with Gasteiger partial charge in [-0.25, -0.2) is 9.37 Å². The maximum atomic E-state index is 13.4. The fourth-order valence-electron chi connectivity index (χ4n) is 3.15. The second kappa shape index (κ2) is 8.62. The molecule has 0 saturated carbocycles. The van der Waals surface area contributed by atoms with Gasteiger partial charge in [0.15, 0.2) is 5.13 Å².